The first kappa shape index (κ1) is 39.1. The number of rotatable bonds is 34. The summed E-state index contributed by atoms with van der Waals surface area (Å²) in [5, 5.41) is 9.86. The van der Waals surface area contributed by atoms with Crippen LogP contribution in [0.4, 0.5) is 0 Å². The fourth-order valence-electron chi connectivity index (χ4n) is 3.11. The largest absolute Gasteiger partial charge is 0.463 e. The number of hydrogen-bond donors (Lipinski definition) is 1. The summed E-state index contributed by atoms with van der Waals surface area (Å²) >= 11 is 0. The summed E-state index contributed by atoms with van der Waals surface area (Å²) in [5.41, 5.74) is 0. The number of unbranched alkanes of at least 4 members (excludes halogenated alkanes) is 4. The molecule has 12 nitrogen and oxygen atoms in total. The lowest BCUT2D eigenvalue weighted by molar-refractivity contribution is -0.145. The number of aliphatic hydroxyl groups excluding tert-OH is 1. The van der Waals surface area contributed by atoms with Crippen LogP contribution in [0, 0.1) is 0 Å². The fourth-order valence-corrected chi connectivity index (χ4v) is 3.11. The molecule has 0 saturated heterocycles. The van der Waals surface area contributed by atoms with Gasteiger partial charge in [-0.1, -0.05) is 32.6 Å². The summed E-state index contributed by atoms with van der Waals surface area (Å²) in [4.78, 5) is 11.6. The molecule has 0 aliphatic rings. The summed E-state index contributed by atoms with van der Waals surface area (Å²) in [6, 6.07) is 0. The smallest absolute Gasteiger partial charge is 0.305 e. The van der Waals surface area contributed by atoms with Gasteiger partial charge in [0.2, 0.25) is 0 Å². The van der Waals surface area contributed by atoms with Crippen molar-refractivity contribution in [2.45, 2.75) is 51.6 Å². The zero-order valence-corrected chi connectivity index (χ0v) is 25.0. The highest BCUT2D eigenvalue weighted by atomic mass is 16.6. The van der Waals surface area contributed by atoms with Gasteiger partial charge in [0.05, 0.1) is 112 Å². The van der Waals surface area contributed by atoms with E-state index in [2.05, 4.69) is 6.92 Å². The predicted octanol–water partition coefficient (Wildman–Crippen LogP) is 2.03. The van der Waals surface area contributed by atoms with E-state index in [4.69, 9.17) is 47.4 Å². The van der Waals surface area contributed by atoms with Crippen LogP contribution in [0.5, 0.6) is 0 Å². The first-order valence-corrected chi connectivity index (χ1v) is 14.6. The van der Waals surface area contributed by atoms with Crippen molar-refractivity contribution in [2.75, 3.05) is 126 Å². The van der Waals surface area contributed by atoms with E-state index in [1.165, 1.54) is 19.3 Å². The number of ether oxygens (including phenoxy) is 10. The number of carbonyl (C=O) groups is 1. The van der Waals surface area contributed by atoms with Gasteiger partial charge in [-0.25, -0.2) is 0 Å². The third kappa shape index (κ3) is 33.3. The molecule has 12 heteroatoms. The van der Waals surface area contributed by atoms with Crippen LogP contribution in [-0.4, -0.2) is 143 Å². The van der Waals surface area contributed by atoms with Crippen molar-refractivity contribution >= 4 is 5.97 Å². The Bertz CT molecular complexity index is 498. The van der Waals surface area contributed by atoms with Crippen LogP contribution < -0.4 is 0 Å². The average Bonchev–Trinajstić information content (AvgIpc) is 2.95. The average molecular weight is 585 g/mol. The number of carbonyl (C=O) groups excluding carboxylic acids is 1. The Morgan fingerprint density at radius 3 is 1.32 bits per heavy atom. The maximum Gasteiger partial charge on any atom is 0.305 e. The zero-order valence-electron chi connectivity index (χ0n) is 25.0. The van der Waals surface area contributed by atoms with E-state index >= 15 is 0 Å². The highest BCUT2D eigenvalue weighted by Gasteiger charge is 2.05. The molecular weight excluding hydrogens is 528 g/mol. The molecule has 0 saturated carbocycles. The van der Waals surface area contributed by atoms with Crippen molar-refractivity contribution in [1.82, 2.24) is 0 Å². The normalized spacial score (nSPS) is 12.2. The van der Waals surface area contributed by atoms with Gasteiger partial charge in [0.25, 0.3) is 0 Å². The molecule has 1 N–H and O–H groups in total. The second kappa shape index (κ2) is 34.3. The minimum atomic E-state index is -0.705. The Hall–Kier alpha value is -0.930. The maximum atomic E-state index is 11.6. The van der Waals surface area contributed by atoms with Crippen LogP contribution in [-0.2, 0) is 52.2 Å². The molecule has 0 aromatic rings. The van der Waals surface area contributed by atoms with Crippen LogP contribution in [0.2, 0.25) is 0 Å². The predicted molar refractivity (Wildman–Crippen MR) is 149 cm³/mol. The molecule has 0 fully saturated rings. The molecule has 240 valence electrons. The van der Waals surface area contributed by atoms with Crippen molar-refractivity contribution < 1.29 is 57.3 Å². The van der Waals surface area contributed by atoms with E-state index in [1.54, 1.807) is 7.11 Å². The molecule has 0 aromatic carbocycles. The van der Waals surface area contributed by atoms with Crippen LogP contribution in [0.3, 0.4) is 0 Å². The van der Waals surface area contributed by atoms with Gasteiger partial charge in [0.1, 0.15) is 12.7 Å². The third-order valence-corrected chi connectivity index (χ3v) is 5.26. The van der Waals surface area contributed by atoms with Crippen LogP contribution in [0.1, 0.15) is 45.4 Å². The highest BCUT2D eigenvalue weighted by molar-refractivity contribution is 5.69. The van der Waals surface area contributed by atoms with E-state index in [0.717, 1.165) is 12.8 Å². The van der Waals surface area contributed by atoms with Gasteiger partial charge in [0, 0.05) is 13.5 Å². The lowest BCUT2D eigenvalue weighted by Gasteiger charge is -2.12. The zero-order chi connectivity index (χ0) is 29.2. The van der Waals surface area contributed by atoms with E-state index < -0.39 is 6.10 Å². The summed E-state index contributed by atoms with van der Waals surface area (Å²) in [6.07, 6.45) is 5.34. The fraction of sp³-hybridized carbons (Fsp3) is 0.964. The van der Waals surface area contributed by atoms with Gasteiger partial charge in [-0.15, -0.1) is 0 Å². The van der Waals surface area contributed by atoms with E-state index in [0.29, 0.717) is 106 Å². The van der Waals surface area contributed by atoms with Gasteiger partial charge < -0.3 is 52.5 Å². The lowest BCUT2D eigenvalue weighted by Crippen LogP contribution is -2.24. The van der Waals surface area contributed by atoms with Crippen LogP contribution >= 0.6 is 0 Å². The minimum Gasteiger partial charge on any atom is -0.463 e. The third-order valence-electron chi connectivity index (χ3n) is 5.26. The Balaban J connectivity index is 3.19. The number of methoxy groups -OCH3 is 1. The molecule has 0 heterocycles. The summed E-state index contributed by atoms with van der Waals surface area (Å²) in [7, 11) is 1.63. The molecule has 1 unspecified atom stereocenters. The Morgan fingerprint density at radius 2 is 0.900 bits per heavy atom. The van der Waals surface area contributed by atoms with Crippen molar-refractivity contribution in [2.24, 2.45) is 0 Å². The number of aliphatic hydroxyl groups is 1. The number of esters is 1. The first-order valence-electron chi connectivity index (χ1n) is 14.6. The number of hydrogen-bond acceptors (Lipinski definition) is 12. The standard InChI is InChI=1S/C28H56O12/c1-3-4-5-6-7-8-28(30)40-24-23-37-18-17-34-14-16-36-20-22-39-26-27(29)25-38-21-19-35-15-13-33-12-11-32-10-9-31-2/h27,29H,3-26H2,1-2H3. The van der Waals surface area contributed by atoms with Crippen molar-refractivity contribution in [1.29, 1.82) is 0 Å². The van der Waals surface area contributed by atoms with Gasteiger partial charge in [-0.05, 0) is 6.42 Å². The molecule has 0 aliphatic carbocycles. The Labute approximate surface area is 241 Å². The van der Waals surface area contributed by atoms with E-state index in [1.807, 2.05) is 0 Å². The molecule has 0 amide bonds. The van der Waals surface area contributed by atoms with Gasteiger partial charge >= 0.3 is 5.97 Å². The Morgan fingerprint density at radius 1 is 0.525 bits per heavy atom. The van der Waals surface area contributed by atoms with E-state index in [9.17, 15) is 9.90 Å². The molecule has 0 bridgehead atoms. The summed E-state index contributed by atoms with van der Waals surface area (Å²) < 4.78 is 53.0. The monoisotopic (exact) mass is 584 g/mol. The second-order valence-corrected chi connectivity index (χ2v) is 8.86. The van der Waals surface area contributed by atoms with Crippen LogP contribution in [0.15, 0.2) is 0 Å². The maximum absolute atomic E-state index is 11.6. The van der Waals surface area contributed by atoms with Crippen LogP contribution in [0.25, 0.3) is 0 Å². The van der Waals surface area contributed by atoms with Gasteiger partial charge in [0.15, 0.2) is 0 Å². The highest BCUT2D eigenvalue weighted by Crippen LogP contribution is 2.05. The molecule has 0 aliphatic heterocycles. The second-order valence-electron chi connectivity index (χ2n) is 8.86. The molecule has 0 spiro atoms. The summed E-state index contributed by atoms with van der Waals surface area (Å²) in [5.74, 6) is -0.156. The van der Waals surface area contributed by atoms with Gasteiger partial charge in [-0.2, -0.15) is 0 Å². The molecule has 0 rings (SSSR count). The molecule has 0 radical (unpaired) electrons. The molecule has 0 aromatic heterocycles. The topological polar surface area (TPSA) is 130 Å². The Kier molecular flexibility index (Phi) is 33.5. The summed E-state index contributed by atoms with van der Waals surface area (Å²) in [6.45, 7) is 9.69. The lowest BCUT2D eigenvalue weighted by atomic mass is 10.1. The van der Waals surface area contributed by atoms with Gasteiger partial charge in [-0.3, -0.25) is 4.79 Å². The molecule has 1 atom stereocenters. The van der Waals surface area contributed by atoms with Crippen molar-refractivity contribution in [3.05, 3.63) is 0 Å². The first-order chi connectivity index (χ1) is 19.7. The van der Waals surface area contributed by atoms with Crippen molar-refractivity contribution in [3.8, 4) is 0 Å². The van der Waals surface area contributed by atoms with Crippen molar-refractivity contribution in [3.63, 3.8) is 0 Å². The SMILES string of the molecule is CCCCCCCC(=O)OCCOCCOCCOCCOCC(O)COCCOCCOCCOCCOC. The molecular formula is C28H56O12. The molecule has 40 heavy (non-hydrogen) atoms. The quantitative estimate of drug-likeness (QED) is 0.0877. The minimum absolute atomic E-state index is 0.156. The van der Waals surface area contributed by atoms with E-state index in [-0.39, 0.29) is 25.8 Å².